The molecule has 3 rings (SSSR count). The first-order valence-corrected chi connectivity index (χ1v) is 9.90. The number of hydrogen-bond donors (Lipinski definition) is 2. The summed E-state index contributed by atoms with van der Waals surface area (Å²) >= 11 is 3.40. The number of rotatable bonds is 5. The quantitative estimate of drug-likeness (QED) is 0.765. The maximum atomic E-state index is 12.5. The van der Waals surface area contributed by atoms with Gasteiger partial charge in [-0.3, -0.25) is 14.4 Å². The van der Waals surface area contributed by atoms with E-state index in [1.54, 1.807) is 11.8 Å². The van der Waals surface area contributed by atoms with Gasteiger partial charge in [0.1, 0.15) is 6.04 Å². The molecule has 2 fully saturated rings. The van der Waals surface area contributed by atoms with E-state index in [0.717, 1.165) is 35.8 Å². The number of nitrogens with one attached hydrogen (secondary N) is 2. The molecule has 0 bridgehead atoms. The second-order valence-electron chi connectivity index (χ2n) is 7.11. The average molecular weight is 422 g/mol. The molecule has 6 nitrogen and oxygen atoms in total. The zero-order chi connectivity index (χ0) is 18.7. The van der Waals surface area contributed by atoms with Crippen molar-refractivity contribution >= 4 is 39.3 Å². The molecular formula is C19H24BrN3O3. The molecule has 1 aromatic carbocycles. The highest BCUT2D eigenvalue weighted by Gasteiger charge is 2.36. The van der Waals surface area contributed by atoms with Gasteiger partial charge in [-0.25, -0.2) is 0 Å². The number of carbonyl (C=O) groups excluding carboxylic acids is 3. The molecule has 1 aliphatic heterocycles. The van der Waals surface area contributed by atoms with E-state index in [4.69, 9.17) is 0 Å². The molecule has 26 heavy (non-hydrogen) atoms. The Hall–Kier alpha value is -1.89. The van der Waals surface area contributed by atoms with Crippen LogP contribution in [0.4, 0.5) is 5.69 Å². The van der Waals surface area contributed by atoms with E-state index in [2.05, 4.69) is 26.6 Å². The molecule has 1 saturated carbocycles. The number of nitrogens with zero attached hydrogens (tertiary/aromatic N) is 1. The summed E-state index contributed by atoms with van der Waals surface area (Å²) in [5.74, 6) is -0.919. The van der Waals surface area contributed by atoms with Crippen LogP contribution in [0.5, 0.6) is 0 Å². The molecule has 0 radical (unpaired) electrons. The van der Waals surface area contributed by atoms with Gasteiger partial charge in [0.05, 0.1) is 5.92 Å². The van der Waals surface area contributed by atoms with Crippen molar-refractivity contribution in [2.24, 2.45) is 5.92 Å². The van der Waals surface area contributed by atoms with Gasteiger partial charge in [0.2, 0.25) is 17.7 Å². The highest BCUT2D eigenvalue weighted by molar-refractivity contribution is 9.10. The molecule has 1 heterocycles. The molecule has 140 valence electrons. The minimum Gasteiger partial charge on any atom is -0.352 e. The van der Waals surface area contributed by atoms with Gasteiger partial charge in [-0.2, -0.15) is 0 Å². The summed E-state index contributed by atoms with van der Waals surface area (Å²) in [5.41, 5.74) is 0.770. The van der Waals surface area contributed by atoms with Crippen molar-refractivity contribution in [1.82, 2.24) is 10.6 Å². The van der Waals surface area contributed by atoms with E-state index in [1.165, 1.54) is 0 Å². The van der Waals surface area contributed by atoms with Crippen molar-refractivity contribution in [1.29, 1.82) is 0 Å². The molecule has 0 aromatic heterocycles. The first-order chi connectivity index (χ1) is 12.4. The van der Waals surface area contributed by atoms with Crippen LogP contribution in [0.15, 0.2) is 28.7 Å². The summed E-state index contributed by atoms with van der Waals surface area (Å²) in [7, 11) is 0. The van der Waals surface area contributed by atoms with Gasteiger partial charge < -0.3 is 15.5 Å². The van der Waals surface area contributed by atoms with Crippen LogP contribution in [-0.4, -0.2) is 36.3 Å². The lowest BCUT2D eigenvalue weighted by molar-refractivity contribution is -0.131. The first-order valence-electron chi connectivity index (χ1n) is 9.10. The number of hydrogen-bond acceptors (Lipinski definition) is 3. The molecular weight excluding hydrogens is 398 g/mol. The van der Waals surface area contributed by atoms with Crippen LogP contribution in [-0.2, 0) is 14.4 Å². The zero-order valence-electron chi connectivity index (χ0n) is 14.8. The number of amides is 3. The Balaban J connectivity index is 1.55. The largest absolute Gasteiger partial charge is 0.352 e. The van der Waals surface area contributed by atoms with Crippen molar-refractivity contribution in [3.63, 3.8) is 0 Å². The van der Waals surface area contributed by atoms with Gasteiger partial charge in [0.25, 0.3) is 0 Å². The summed E-state index contributed by atoms with van der Waals surface area (Å²) in [6, 6.07) is 7.07. The van der Waals surface area contributed by atoms with Crippen molar-refractivity contribution in [2.45, 2.75) is 51.1 Å². The minimum absolute atomic E-state index is 0.0775. The van der Waals surface area contributed by atoms with Crippen LogP contribution < -0.4 is 15.5 Å². The second-order valence-corrected chi connectivity index (χ2v) is 8.02. The molecule has 2 atom stereocenters. The Morgan fingerprint density at radius 1 is 1.27 bits per heavy atom. The third-order valence-corrected chi connectivity index (χ3v) is 5.56. The summed E-state index contributed by atoms with van der Waals surface area (Å²) in [6.45, 7) is 2.02. The maximum Gasteiger partial charge on any atom is 0.242 e. The van der Waals surface area contributed by atoms with Gasteiger partial charge >= 0.3 is 0 Å². The molecule has 7 heteroatoms. The normalized spacial score (nSPS) is 21.7. The van der Waals surface area contributed by atoms with Crippen molar-refractivity contribution in [2.75, 3.05) is 11.4 Å². The smallest absolute Gasteiger partial charge is 0.242 e. The molecule has 2 N–H and O–H groups in total. The van der Waals surface area contributed by atoms with E-state index >= 15 is 0 Å². The lowest BCUT2D eigenvalue weighted by Crippen LogP contribution is -2.49. The molecule has 1 saturated heterocycles. The predicted molar refractivity (Wildman–Crippen MR) is 103 cm³/mol. The van der Waals surface area contributed by atoms with Crippen molar-refractivity contribution in [3.05, 3.63) is 28.7 Å². The number of benzene rings is 1. The van der Waals surface area contributed by atoms with Crippen LogP contribution in [0.2, 0.25) is 0 Å². The van der Waals surface area contributed by atoms with Crippen LogP contribution in [0.3, 0.4) is 0 Å². The number of halogens is 1. The van der Waals surface area contributed by atoms with Gasteiger partial charge in [-0.05, 0) is 38.0 Å². The Kier molecular flexibility index (Phi) is 5.96. The third-order valence-electron chi connectivity index (χ3n) is 5.07. The van der Waals surface area contributed by atoms with Crippen LogP contribution in [0, 0.1) is 5.92 Å². The summed E-state index contributed by atoms with van der Waals surface area (Å²) in [4.78, 5) is 38.7. The lowest BCUT2D eigenvalue weighted by atomic mass is 10.1. The van der Waals surface area contributed by atoms with Crippen molar-refractivity contribution in [3.8, 4) is 0 Å². The van der Waals surface area contributed by atoms with Gasteiger partial charge in [-0.1, -0.05) is 34.8 Å². The Morgan fingerprint density at radius 2 is 2.00 bits per heavy atom. The van der Waals surface area contributed by atoms with E-state index in [0.29, 0.717) is 6.54 Å². The number of carbonyl (C=O) groups is 3. The molecule has 1 aliphatic carbocycles. The average Bonchev–Trinajstić information content (AvgIpc) is 3.24. The van der Waals surface area contributed by atoms with E-state index in [9.17, 15) is 14.4 Å². The fraction of sp³-hybridized carbons (Fsp3) is 0.526. The fourth-order valence-electron chi connectivity index (χ4n) is 3.57. The SMILES string of the molecule is CC(NC(=O)C1CC(=O)N(c2cccc(Br)c2)C1)C(=O)NC1CCCC1. The third kappa shape index (κ3) is 4.44. The maximum absolute atomic E-state index is 12.5. The molecule has 1 aromatic rings. The standard InChI is InChI=1S/C19H24BrN3O3/c1-12(18(25)22-15-6-2-3-7-15)21-19(26)13-9-17(24)23(11-13)16-8-4-5-14(20)10-16/h4-5,8,10,12-13,15H,2-3,6-7,9,11H2,1H3,(H,21,26)(H,22,25). The summed E-state index contributed by atoms with van der Waals surface area (Å²) < 4.78 is 0.882. The Morgan fingerprint density at radius 3 is 2.69 bits per heavy atom. The predicted octanol–water partition coefficient (Wildman–Crippen LogP) is 2.37. The molecule has 0 spiro atoms. The highest BCUT2D eigenvalue weighted by Crippen LogP contribution is 2.27. The molecule has 3 amide bonds. The summed E-state index contributed by atoms with van der Waals surface area (Å²) in [6.07, 6.45) is 4.45. The van der Waals surface area contributed by atoms with Gasteiger partial charge in [0, 0.05) is 29.2 Å². The van der Waals surface area contributed by atoms with E-state index in [-0.39, 0.29) is 30.2 Å². The first kappa shape index (κ1) is 18.9. The van der Waals surface area contributed by atoms with Gasteiger partial charge in [-0.15, -0.1) is 0 Å². The Labute approximate surface area is 161 Å². The lowest BCUT2D eigenvalue weighted by Gasteiger charge is -2.20. The van der Waals surface area contributed by atoms with Crippen LogP contribution in [0.25, 0.3) is 0 Å². The van der Waals surface area contributed by atoms with E-state index in [1.807, 2.05) is 24.3 Å². The fourth-order valence-corrected chi connectivity index (χ4v) is 3.96. The zero-order valence-corrected chi connectivity index (χ0v) is 16.4. The van der Waals surface area contributed by atoms with Crippen LogP contribution >= 0.6 is 15.9 Å². The Bertz CT molecular complexity index is 703. The van der Waals surface area contributed by atoms with Crippen LogP contribution in [0.1, 0.15) is 39.0 Å². The molecule has 2 aliphatic rings. The van der Waals surface area contributed by atoms with Crippen molar-refractivity contribution < 1.29 is 14.4 Å². The summed E-state index contributed by atoms with van der Waals surface area (Å²) in [5, 5.41) is 5.75. The second kappa shape index (κ2) is 8.20. The molecule has 2 unspecified atom stereocenters. The number of anilines is 1. The monoisotopic (exact) mass is 421 g/mol. The minimum atomic E-state index is -0.599. The highest BCUT2D eigenvalue weighted by atomic mass is 79.9. The van der Waals surface area contributed by atoms with E-state index < -0.39 is 12.0 Å². The topological polar surface area (TPSA) is 78.5 Å². The van der Waals surface area contributed by atoms with Gasteiger partial charge in [0.15, 0.2) is 0 Å².